The average molecular weight is 366 g/mol. The fourth-order valence-corrected chi connectivity index (χ4v) is 4.01. The van der Waals surface area contributed by atoms with Crippen molar-refractivity contribution in [1.82, 2.24) is 9.80 Å². The standard InChI is InChI=1S/C20H28F2N2O2/c21-20(22)8-11-23(13-18(20)15-25)14-19(26)24-9-6-17(7-10-24)12-16-4-2-1-3-5-16/h1-5,17-18,25H,6-15H2. The summed E-state index contributed by atoms with van der Waals surface area (Å²) in [7, 11) is 0. The van der Waals surface area contributed by atoms with Crippen molar-refractivity contribution in [2.24, 2.45) is 11.8 Å². The highest BCUT2D eigenvalue weighted by Crippen LogP contribution is 2.33. The summed E-state index contributed by atoms with van der Waals surface area (Å²) in [5.41, 5.74) is 1.33. The Labute approximate surface area is 153 Å². The van der Waals surface area contributed by atoms with Crippen molar-refractivity contribution >= 4 is 5.91 Å². The summed E-state index contributed by atoms with van der Waals surface area (Å²) < 4.78 is 27.3. The highest BCUT2D eigenvalue weighted by atomic mass is 19.3. The minimum atomic E-state index is -2.83. The Balaban J connectivity index is 1.44. The van der Waals surface area contributed by atoms with Gasteiger partial charge in [0.2, 0.25) is 5.91 Å². The lowest BCUT2D eigenvalue weighted by atomic mass is 9.90. The van der Waals surface area contributed by atoms with Crippen molar-refractivity contribution in [2.75, 3.05) is 39.3 Å². The lowest BCUT2D eigenvalue weighted by Gasteiger charge is -2.39. The van der Waals surface area contributed by atoms with Gasteiger partial charge in [0.05, 0.1) is 19.1 Å². The molecule has 0 spiro atoms. The van der Waals surface area contributed by atoms with Gasteiger partial charge in [0.1, 0.15) is 0 Å². The minimum absolute atomic E-state index is 0.0186. The monoisotopic (exact) mass is 366 g/mol. The number of aliphatic hydroxyl groups excluding tert-OH is 1. The zero-order chi connectivity index (χ0) is 18.6. The quantitative estimate of drug-likeness (QED) is 0.870. The van der Waals surface area contributed by atoms with Crippen molar-refractivity contribution in [3.8, 4) is 0 Å². The lowest BCUT2D eigenvalue weighted by Crippen LogP contribution is -2.52. The number of carbonyl (C=O) groups is 1. The number of hydrogen-bond donors (Lipinski definition) is 1. The van der Waals surface area contributed by atoms with Crippen LogP contribution in [0.5, 0.6) is 0 Å². The SMILES string of the molecule is O=C(CN1CCC(F)(F)C(CO)C1)N1CCC(Cc2ccccc2)CC1. The smallest absolute Gasteiger partial charge is 0.255 e. The van der Waals surface area contributed by atoms with Crippen LogP contribution < -0.4 is 0 Å². The highest BCUT2D eigenvalue weighted by molar-refractivity contribution is 5.78. The van der Waals surface area contributed by atoms with E-state index in [4.69, 9.17) is 0 Å². The third kappa shape index (κ3) is 4.80. The maximum Gasteiger partial charge on any atom is 0.255 e. The first-order chi connectivity index (χ1) is 12.5. The van der Waals surface area contributed by atoms with Gasteiger partial charge < -0.3 is 10.0 Å². The molecule has 0 radical (unpaired) electrons. The van der Waals surface area contributed by atoms with Gasteiger partial charge in [-0.05, 0) is 30.7 Å². The Morgan fingerprint density at radius 3 is 2.50 bits per heavy atom. The third-order valence-corrected chi connectivity index (χ3v) is 5.75. The van der Waals surface area contributed by atoms with E-state index in [1.54, 1.807) is 4.90 Å². The largest absolute Gasteiger partial charge is 0.396 e. The van der Waals surface area contributed by atoms with E-state index in [2.05, 4.69) is 24.3 Å². The zero-order valence-corrected chi connectivity index (χ0v) is 15.1. The second-order valence-corrected chi connectivity index (χ2v) is 7.64. The molecular weight excluding hydrogens is 338 g/mol. The van der Waals surface area contributed by atoms with Gasteiger partial charge in [-0.25, -0.2) is 8.78 Å². The number of carbonyl (C=O) groups excluding carboxylic acids is 1. The normalized spacial score (nSPS) is 24.6. The maximum absolute atomic E-state index is 13.7. The number of benzene rings is 1. The summed E-state index contributed by atoms with van der Waals surface area (Å²) in [5.74, 6) is -3.29. The summed E-state index contributed by atoms with van der Waals surface area (Å²) in [6.45, 7) is 1.41. The Morgan fingerprint density at radius 1 is 1.15 bits per heavy atom. The predicted octanol–water partition coefficient (Wildman–Crippen LogP) is 2.42. The van der Waals surface area contributed by atoms with Crippen molar-refractivity contribution in [1.29, 1.82) is 0 Å². The molecule has 0 aromatic heterocycles. The van der Waals surface area contributed by atoms with Crippen molar-refractivity contribution < 1.29 is 18.7 Å². The van der Waals surface area contributed by atoms with Crippen LogP contribution in [-0.2, 0) is 11.2 Å². The van der Waals surface area contributed by atoms with E-state index in [1.807, 2.05) is 11.0 Å². The molecule has 144 valence electrons. The van der Waals surface area contributed by atoms with Crippen molar-refractivity contribution in [2.45, 2.75) is 31.6 Å². The van der Waals surface area contributed by atoms with Gasteiger partial charge in [-0.1, -0.05) is 30.3 Å². The second kappa shape index (κ2) is 8.44. The molecule has 1 atom stereocenters. The first-order valence-corrected chi connectivity index (χ1v) is 9.50. The Hall–Kier alpha value is -1.53. The summed E-state index contributed by atoms with van der Waals surface area (Å²) >= 11 is 0. The molecule has 3 rings (SSSR count). The molecule has 0 aliphatic carbocycles. The van der Waals surface area contributed by atoms with Crippen molar-refractivity contribution in [3.05, 3.63) is 35.9 Å². The molecular formula is C20H28F2N2O2. The minimum Gasteiger partial charge on any atom is -0.396 e. The molecule has 1 aromatic rings. The van der Waals surface area contributed by atoms with Gasteiger partial charge >= 0.3 is 0 Å². The molecule has 1 unspecified atom stereocenters. The lowest BCUT2D eigenvalue weighted by molar-refractivity contribution is -0.142. The number of hydrogen-bond acceptors (Lipinski definition) is 3. The molecule has 1 aromatic carbocycles. The molecule has 2 fully saturated rings. The van der Waals surface area contributed by atoms with Crippen LogP contribution in [-0.4, -0.2) is 66.1 Å². The topological polar surface area (TPSA) is 43.8 Å². The van der Waals surface area contributed by atoms with Gasteiger partial charge in [0.15, 0.2) is 0 Å². The van der Waals surface area contributed by atoms with E-state index in [1.165, 1.54) is 5.56 Å². The van der Waals surface area contributed by atoms with Crippen LogP contribution in [0.15, 0.2) is 30.3 Å². The number of halogens is 2. The van der Waals surface area contributed by atoms with E-state index >= 15 is 0 Å². The fraction of sp³-hybridized carbons (Fsp3) is 0.650. The summed E-state index contributed by atoms with van der Waals surface area (Å²) in [4.78, 5) is 16.1. The molecule has 0 bridgehead atoms. The molecule has 1 N–H and O–H groups in total. The van der Waals surface area contributed by atoms with Gasteiger partial charge in [-0.2, -0.15) is 0 Å². The maximum atomic E-state index is 13.7. The predicted molar refractivity (Wildman–Crippen MR) is 96.0 cm³/mol. The summed E-state index contributed by atoms with van der Waals surface area (Å²) in [6, 6.07) is 10.4. The third-order valence-electron chi connectivity index (χ3n) is 5.75. The molecule has 6 heteroatoms. The Kier molecular flexibility index (Phi) is 6.24. The van der Waals surface area contributed by atoms with Gasteiger partial charge in [-0.15, -0.1) is 0 Å². The number of amides is 1. The van der Waals surface area contributed by atoms with Crippen LogP contribution in [0.2, 0.25) is 0 Å². The molecule has 26 heavy (non-hydrogen) atoms. The molecule has 2 aliphatic heterocycles. The van der Waals surface area contributed by atoms with Crippen LogP contribution in [0.3, 0.4) is 0 Å². The van der Waals surface area contributed by atoms with Crippen LogP contribution in [0.4, 0.5) is 8.78 Å². The van der Waals surface area contributed by atoms with Gasteiger partial charge in [-0.3, -0.25) is 9.69 Å². The Morgan fingerprint density at radius 2 is 1.85 bits per heavy atom. The van der Waals surface area contributed by atoms with E-state index in [0.29, 0.717) is 5.92 Å². The number of aliphatic hydroxyl groups is 1. The van der Waals surface area contributed by atoms with E-state index < -0.39 is 18.4 Å². The number of piperidine rings is 2. The average Bonchev–Trinajstić information content (AvgIpc) is 2.64. The van der Waals surface area contributed by atoms with Gasteiger partial charge in [0.25, 0.3) is 5.92 Å². The summed E-state index contributed by atoms with van der Waals surface area (Å²) in [5, 5.41) is 9.18. The number of nitrogens with zero attached hydrogens (tertiary/aromatic N) is 2. The van der Waals surface area contributed by atoms with E-state index in [0.717, 1.165) is 32.4 Å². The van der Waals surface area contributed by atoms with Gasteiger partial charge in [0, 0.05) is 32.6 Å². The molecule has 2 saturated heterocycles. The zero-order valence-electron chi connectivity index (χ0n) is 15.1. The van der Waals surface area contributed by atoms with Crippen molar-refractivity contribution in [3.63, 3.8) is 0 Å². The number of rotatable bonds is 5. The van der Waals surface area contributed by atoms with Crippen LogP contribution in [0, 0.1) is 11.8 Å². The molecule has 2 aliphatic rings. The molecule has 4 nitrogen and oxygen atoms in total. The van der Waals surface area contributed by atoms with E-state index in [9.17, 15) is 18.7 Å². The van der Waals surface area contributed by atoms with Crippen LogP contribution >= 0.6 is 0 Å². The highest BCUT2D eigenvalue weighted by Gasteiger charge is 2.44. The van der Waals surface area contributed by atoms with Crippen LogP contribution in [0.1, 0.15) is 24.8 Å². The first kappa shape index (κ1) is 19.2. The molecule has 2 heterocycles. The van der Waals surface area contributed by atoms with E-state index in [-0.39, 0.29) is 32.0 Å². The molecule has 1 amide bonds. The Bertz CT molecular complexity index is 589. The first-order valence-electron chi connectivity index (χ1n) is 9.50. The summed E-state index contributed by atoms with van der Waals surface area (Å²) in [6.07, 6.45) is 2.73. The van der Waals surface area contributed by atoms with Crippen LogP contribution in [0.25, 0.3) is 0 Å². The second-order valence-electron chi connectivity index (χ2n) is 7.64. The fourth-order valence-electron chi connectivity index (χ4n) is 4.01. The number of likely N-dealkylation sites (tertiary alicyclic amines) is 2. The number of alkyl halides is 2. The molecule has 0 saturated carbocycles.